The Bertz CT molecular complexity index is 317. The lowest BCUT2D eigenvalue weighted by atomic mass is 10.1. The minimum atomic E-state index is -0.210. The van der Waals surface area contributed by atoms with E-state index in [0.717, 1.165) is 18.7 Å². The van der Waals surface area contributed by atoms with Crippen molar-refractivity contribution in [1.82, 2.24) is 4.90 Å². The Kier molecular flexibility index (Phi) is 4.27. The van der Waals surface area contributed by atoms with Crippen molar-refractivity contribution in [3.8, 4) is 0 Å². The van der Waals surface area contributed by atoms with E-state index in [1.165, 1.54) is 11.3 Å². The van der Waals surface area contributed by atoms with Crippen LogP contribution in [0.2, 0.25) is 0 Å². The summed E-state index contributed by atoms with van der Waals surface area (Å²) in [6.07, 6.45) is 2.14. The van der Waals surface area contributed by atoms with E-state index in [-0.39, 0.29) is 6.10 Å². The van der Waals surface area contributed by atoms with Crippen LogP contribution in [0.5, 0.6) is 0 Å². The molecule has 0 amide bonds. The van der Waals surface area contributed by atoms with E-state index in [9.17, 15) is 5.11 Å². The summed E-state index contributed by atoms with van der Waals surface area (Å²) in [5.74, 6) is 0.791. The molecule has 0 unspecified atom stereocenters. The minimum Gasteiger partial charge on any atom is -0.391 e. The van der Waals surface area contributed by atoms with Crippen LogP contribution in [0, 0.1) is 0 Å². The zero-order chi connectivity index (χ0) is 11.4. The van der Waals surface area contributed by atoms with Gasteiger partial charge in [0, 0.05) is 16.7 Å². The predicted octanol–water partition coefficient (Wildman–Crippen LogP) is 2.23. The molecule has 0 radical (unpaired) electrons. The molecule has 2 atom stereocenters. The van der Waals surface area contributed by atoms with E-state index in [4.69, 9.17) is 0 Å². The topological polar surface area (TPSA) is 23.5 Å². The number of rotatable bonds is 4. The molecule has 1 aromatic rings. The first-order valence-electron chi connectivity index (χ1n) is 5.83. The Labute approximate surface area is 102 Å². The van der Waals surface area contributed by atoms with Gasteiger partial charge in [-0.1, -0.05) is 18.2 Å². The fraction of sp³-hybridized carbons (Fsp3) is 0.538. The quantitative estimate of drug-likeness (QED) is 0.812. The lowest BCUT2D eigenvalue weighted by Crippen LogP contribution is -2.37. The molecule has 1 fully saturated rings. The van der Waals surface area contributed by atoms with E-state index in [0.29, 0.717) is 6.04 Å². The molecule has 3 heteroatoms. The van der Waals surface area contributed by atoms with Crippen molar-refractivity contribution in [1.29, 1.82) is 0 Å². The van der Waals surface area contributed by atoms with Crippen LogP contribution in [0.4, 0.5) is 0 Å². The van der Waals surface area contributed by atoms with Crippen molar-refractivity contribution in [3.05, 3.63) is 30.3 Å². The van der Waals surface area contributed by atoms with Crippen LogP contribution >= 0.6 is 11.8 Å². The molecule has 16 heavy (non-hydrogen) atoms. The zero-order valence-corrected chi connectivity index (χ0v) is 10.5. The van der Waals surface area contributed by atoms with Crippen molar-refractivity contribution < 1.29 is 5.11 Å². The summed E-state index contributed by atoms with van der Waals surface area (Å²) < 4.78 is 0. The first-order valence-corrected chi connectivity index (χ1v) is 6.82. The molecule has 0 aliphatic carbocycles. The van der Waals surface area contributed by atoms with Gasteiger partial charge in [-0.05, 0) is 38.6 Å². The number of thioether (sulfide) groups is 1. The Morgan fingerprint density at radius 2 is 2.19 bits per heavy atom. The van der Waals surface area contributed by atoms with Gasteiger partial charge in [-0.2, -0.15) is 0 Å². The van der Waals surface area contributed by atoms with Crippen LogP contribution < -0.4 is 0 Å². The molecular formula is C13H19NOS. The van der Waals surface area contributed by atoms with Crippen molar-refractivity contribution >= 4 is 11.8 Å². The Hall–Kier alpha value is -0.510. The Morgan fingerprint density at radius 3 is 2.81 bits per heavy atom. The number of nitrogens with zero attached hydrogens (tertiary/aromatic N) is 1. The second-order valence-electron chi connectivity index (χ2n) is 4.38. The van der Waals surface area contributed by atoms with Gasteiger partial charge in [0.1, 0.15) is 0 Å². The fourth-order valence-electron chi connectivity index (χ4n) is 2.23. The Balaban J connectivity index is 1.81. The minimum absolute atomic E-state index is 0.210. The third kappa shape index (κ3) is 3.00. The van der Waals surface area contributed by atoms with Crippen LogP contribution in [0.15, 0.2) is 35.2 Å². The van der Waals surface area contributed by atoms with Gasteiger partial charge >= 0.3 is 0 Å². The average molecular weight is 237 g/mol. The number of benzene rings is 1. The lowest BCUT2D eigenvalue weighted by Gasteiger charge is -2.24. The van der Waals surface area contributed by atoms with Crippen LogP contribution in [-0.4, -0.2) is 41.5 Å². The summed E-state index contributed by atoms with van der Waals surface area (Å²) >= 11 is 1.74. The molecular weight excluding hydrogens is 218 g/mol. The maximum Gasteiger partial charge on any atom is 0.0788 e. The molecule has 0 bridgehead atoms. The zero-order valence-electron chi connectivity index (χ0n) is 9.67. The SMILES string of the molecule is CN1CCC[C@H]1[C@H](O)CSc1ccccc1. The van der Waals surface area contributed by atoms with E-state index in [1.54, 1.807) is 11.8 Å². The monoisotopic (exact) mass is 237 g/mol. The maximum absolute atomic E-state index is 10.1. The maximum atomic E-state index is 10.1. The normalized spacial score (nSPS) is 23.5. The summed E-state index contributed by atoms with van der Waals surface area (Å²) in [7, 11) is 2.11. The molecule has 88 valence electrons. The molecule has 0 spiro atoms. The van der Waals surface area contributed by atoms with Gasteiger partial charge in [-0.15, -0.1) is 11.8 Å². The van der Waals surface area contributed by atoms with Crippen molar-refractivity contribution in [3.63, 3.8) is 0 Å². The highest BCUT2D eigenvalue weighted by atomic mass is 32.2. The molecule has 2 nitrogen and oxygen atoms in total. The number of likely N-dealkylation sites (N-methyl/N-ethyl adjacent to an activating group) is 1. The average Bonchev–Trinajstić information content (AvgIpc) is 2.74. The summed E-state index contributed by atoms with van der Waals surface area (Å²) in [5.41, 5.74) is 0. The van der Waals surface area contributed by atoms with Gasteiger partial charge < -0.3 is 10.0 Å². The summed E-state index contributed by atoms with van der Waals surface area (Å²) in [4.78, 5) is 3.51. The standard InChI is InChI=1S/C13H19NOS/c1-14-9-5-8-12(14)13(15)10-16-11-6-3-2-4-7-11/h2-4,6-7,12-13,15H,5,8-10H2,1H3/t12-,13+/m0/s1. The molecule has 1 aliphatic rings. The van der Waals surface area contributed by atoms with Gasteiger partial charge in [0.05, 0.1) is 6.10 Å². The first-order chi connectivity index (χ1) is 7.77. The number of aliphatic hydroxyl groups is 1. The molecule has 1 aromatic carbocycles. The number of hydrogen-bond donors (Lipinski definition) is 1. The largest absolute Gasteiger partial charge is 0.391 e. The molecule has 1 saturated heterocycles. The summed E-state index contributed by atoms with van der Waals surface area (Å²) in [5, 5.41) is 10.1. The van der Waals surface area contributed by atoms with E-state index in [1.807, 2.05) is 18.2 Å². The predicted molar refractivity (Wildman–Crippen MR) is 68.8 cm³/mol. The number of likely N-dealkylation sites (tertiary alicyclic amines) is 1. The fourth-order valence-corrected chi connectivity index (χ4v) is 3.17. The molecule has 2 rings (SSSR count). The van der Waals surface area contributed by atoms with E-state index >= 15 is 0 Å². The van der Waals surface area contributed by atoms with Crippen LogP contribution in [0.25, 0.3) is 0 Å². The number of aliphatic hydroxyl groups excluding tert-OH is 1. The highest BCUT2D eigenvalue weighted by molar-refractivity contribution is 7.99. The smallest absolute Gasteiger partial charge is 0.0788 e. The van der Waals surface area contributed by atoms with Gasteiger partial charge in [0.25, 0.3) is 0 Å². The molecule has 1 N–H and O–H groups in total. The third-order valence-electron chi connectivity index (χ3n) is 3.18. The molecule has 1 aliphatic heterocycles. The highest BCUT2D eigenvalue weighted by Crippen LogP contribution is 2.24. The second-order valence-corrected chi connectivity index (χ2v) is 5.48. The van der Waals surface area contributed by atoms with Crippen LogP contribution in [0.1, 0.15) is 12.8 Å². The number of hydrogen-bond acceptors (Lipinski definition) is 3. The van der Waals surface area contributed by atoms with Gasteiger partial charge in [-0.25, -0.2) is 0 Å². The third-order valence-corrected chi connectivity index (χ3v) is 4.30. The molecule has 1 heterocycles. The van der Waals surface area contributed by atoms with E-state index in [2.05, 4.69) is 24.1 Å². The van der Waals surface area contributed by atoms with Crippen molar-refractivity contribution in [2.75, 3.05) is 19.3 Å². The molecule has 0 saturated carbocycles. The molecule has 0 aromatic heterocycles. The first kappa shape index (κ1) is 12.0. The highest BCUT2D eigenvalue weighted by Gasteiger charge is 2.27. The van der Waals surface area contributed by atoms with Crippen LogP contribution in [-0.2, 0) is 0 Å². The summed E-state index contributed by atoms with van der Waals surface area (Å²) in [6, 6.07) is 10.6. The second kappa shape index (κ2) is 5.71. The van der Waals surface area contributed by atoms with Gasteiger partial charge in [0.15, 0.2) is 0 Å². The van der Waals surface area contributed by atoms with Gasteiger partial charge in [0.2, 0.25) is 0 Å². The summed E-state index contributed by atoms with van der Waals surface area (Å²) in [6.45, 7) is 1.12. The Morgan fingerprint density at radius 1 is 1.44 bits per heavy atom. The van der Waals surface area contributed by atoms with Gasteiger partial charge in [-0.3, -0.25) is 0 Å². The van der Waals surface area contributed by atoms with Crippen molar-refractivity contribution in [2.24, 2.45) is 0 Å². The van der Waals surface area contributed by atoms with E-state index < -0.39 is 0 Å². The lowest BCUT2D eigenvalue weighted by molar-refractivity contribution is 0.104. The van der Waals surface area contributed by atoms with Crippen LogP contribution in [0.3, 0.4) is 0 Å². The van der Waals surface area contributed by atoms with Crippen molar-refractivity contribution in [2.45, 2.75) is 29.9 Å².